The Morgan fingerprint density at radius 1 is 0.720 bits per heavy atom. The van der Waals surface area contributed by atoms with E-state index in [9.17, 15) is 0 Å². The number of benzene rings is 2. The highest BCUT2D eigenvalue weighted by Gasteiger charge is 2.21. The molecule has 0 atom stereocenters. The maximum Gasteiger partial charge on any atom is -0.00203 e. The van der Waals surface area contributed by atoms with Crippen molar-refractivity contribution < 1.29 is 0 Å². The van der Waals surface area contributed by atoms with Crippen molar-refractivity contribution in [2.24, 2.45) is 5.92 Å². The van der Waals surface area contributed by atoms with Crippen LogP contribution >= 0.6 is 0 Å². The summed E-state index contributed by atoms with van der Waals surface area (Å²) in [6.45, 7) is 13.7. The minimum Gasteiger partial charge on any atom is -0.0625 e. The summed E-state index contributed by atoms with van der Waals surface area (Å²) < 4.78 is 0. The van der Waals surface area contributed by atoms with Gasteiger partial charge in [0.05, 0.1) is 0 Å². The molecule has 0 heteroatoms. The zero-order chi connectivity index (χ0) is 18.1. The van der Waals surface area contributed by atoms with E-state index in [-0.39, 0.29) is 0 Å². The Labute approximate surface area is 154 Å². The summed E-state index contributed by atoms with van der Waals surface area (Å²) in [5, 5.41) is 0. The number of aryl methyl sites for hydroxylation is 4. The standard InChI is InChI=1S/C25H34/c1-16-7-9-23(10-8-16)24-13-19(4)25(20(5)14-24)15-22-11-17(2)21(6)18(3)12-22/h11-14,16,23H,7-10,15H2,1-6H3. The summed E-state index contributed by atoms with van der Waals surface area (Å²) in [4.78, 5) is 0. The molecule has 0 radical (unpaired) electrons. The van der Waals surface area contributed by atoms with E-state index < -0.39 is 0 Å². The van der Waals surface area contributed by atoms with Crippen molar-refractivity contribution in [2.45, 2.75) is 79.6 Å². The van der Waals surface area contributed by atoms with Gasteiger partial charge in [-0.15, -0.1) is 0 Å². The molecule has 0 bridgehead atoms. The van der Waals surface area contributed by atoms with Crippen molar-refractivity contribution in [3.05, 3.63) is 68.8 Å². The Hall–Kier alpha value is -1.56. The smallest absolute Gasteiger partial charge is 0.00203 e. The normalized spacial score (nSPS) is 20.7. The van der Waals surface area contributed by atoms with Crippen LogP contribution in [0.25, 0.3) is 0 Å². The van der Waals surface area contributed by atoms with Crippen molar-refractivity contribution in [2.75, 3.05) is 0 Å². The van der Waals surface area contributed by atoms with Crippen molar-refractivity contribution in [1.29, 1.82) is 0 Å². The first-order valence-corrected chi connectivity index (χ1v) is 10.0. The molecule has 0 aromatic heterocycles. The number of hydrogen-bond acceptors (Lipinski definition) is 0. The molecule has 134 valence electrons. The van der Waals surface area contributed by atoms with Gasteiger partial charge in [-0.3, -0.25) is 0 Å². The highest BCUT2D eigenvalue weighted by Crippen LogP contribution is 2.37. The predicted molar refractivity (Wildman–Crippen MR) is 110 cm³/mol. The first-order chi connectivity index (χ1) is 11.8. The molecular weight excluding hydrogens is 300 g/mol. The van der Waals surface area contributed by atoms with Gasteiger partial charge in [-0.25, -0.2) is 0 Å². The van der Waals surface area contributed by atoms with Crippen LogP contribution in [0.15, 0.2) is 24.3 Å². The fourth-order valence-corrected chi connectivity index (χ4v) is 4.57. The molecule has 0 N–H and O–H groups in total. The van der Waals surface area contributed by atoms with Gasteiger partial charge in [-0.2, -0.15) is 0 Å². The van der Waals surface area contributed by atoms with Crippen LogP contribution < -0.4 is 0 Å². The zero-order valence-corrected chi connectivity index (χ0v) is 17.0. The average molecular weight is 335 g/mol. The number of rotatable bonds is 3. The summed E-state index contributed by atoms with van der Waals surface area (Å²) in [6, 6.07) is 9.71. The van der Waals surface area contributed by atoms with E-state index in [0.29, 0.717) is 0 Å². The van der Waals surface area contributed by atoms with Gasteiger partial charge < -0.3 is 0 Å². The second kappa shape index (κ2) is 7.36. The molecule has 0 amide bonds. The molecule has 2 aromatic rings. The Morgan fingerprint density at radius 2 is 1.24 bits per heavy atom. The van der Waals surface area contributed by atoms with Crippen molar-refractivity contribution >= 4 is 0 Å². The van der Waals surface area contributed by atoms with Crippen LogP contribution in [0.3, 0.4) is 0 Å². The molecule has 2 aromatic carbocycles. The third-order valence-corrected chi connectivity index (χ3v) is 6.57. The highest BCUT2D eigenvalue weighted by atomic mass is 14.3. The second-order valence-corrected chi connectivity index (χ2v) is 8.62. The van der Waals surface area contributed by atoms with E-state index in [2.05, 4.69) is 65.8 Å². The van der Waals surface area contributed by atoms with Gasteiger partial charge in [0.15, 0.2) is 0 Å². The van der Waals surface area contributed by atoms with E-state index in [1.165, 1.54) is 64.6 Å². The fraction of sp³-hybridized carbons (Fsp3) is 0.520. The molecule has 1 aliphatic rings. The Kier molecular flexibility index (Phi) is 5.37. The predicted octanol–water partition coefficient (Wildman–Crippen LogP) is 7.11. The van der Waals surface area contributed by atoms with E-state index in [1.807, 2.05) is 0 Å². The maximum atomic E-state index is 2.48. The molecule has 0 aliphatic heterocycles. The van der Waals surface area contributed by atoms with Crippen molar-refractivity contribution in [1.82, 2.24) is 0 Å². The quantitative estimate of drug-likeness (QED) is 0.561. The van der Waals surface area contributed by atoms with Crippen molar-refractivity contribution in [3.8, 4) is 0 Å². The van der Waals surface area contributed by atoms with Crippen LogP contribution in [0.5, 0.6) is 0 Å². The average Bonchev–Trinajstić information content (AvgIpc) is 2.56. The minimum atomic E-state index is 0.784. The summed E-state index contributed by atoms with van der Waals surface area (Å²) in [7, 11) is 0. The largest absolute Gasteiger partial charge is 0.0625 e. The molecule has 0 unspecified atom stereocenters. The minimum absolute atomic E-state index is 0.784. The molecule has 0 heterocycles. The third-order valence-electron chi connectivity index (χ3n) is 6.57. The lowest BCUT2D eigenvalue weighted by molar-refractivity contribution is 0.348. The van der Waals surface area contributed by atoms with Crippen LogP contribution in [0, 0.1) is 40.5 Å². The summed E-state index contributed by atoms with van der Waals surface area (Å²) in [5.74, 6) is 1.71. The fourth-order valence-electron chi connectivity index (χ4n) is 4.57. The monoisotopic (exact) mass is 334 g/mol. The molecular formula is C25H34. The first-order valence-electron chi connectivity index (χ1n) is 10.0. The van der Waals surface area contributed by atoms with Crippen LogP contribution in [0.1, 0.15) is 83.0 Å². The SMILES string of the molecule is Cc1cc(Cc2c(C)cc(C3CCC(C)CC3)cc2C)cc(C)c1C. The van der Waals surface area contributed by atoms with Gasteiger partial charge in [-0.05, 0) is 110 Å². The van der Waals surface area contributed by atoms with Gasteiger partial charge in [0.1, 0.15) is 0 Å². The van der Waals surface area contributed by atoms with Crippen LogP contribution in [-0.4, -0.2) is 0 Å². The van der Waals surface area contributed by atoms with Gasteiger partial charge in [0.2, 0.25) is 0 Å². The lowest BCUT2D eigenvalue weighted by atomic mass is 9.78. The lowest BCUT2D eigenvalue weighted by Crippen LogP contribution is -2.11. The van der Waals surface area contributed by atoms with Crippen LogP contribution in [0.4, 0.5) is 0 Å². The number of hydrogen-bond donors (Lipinski definition) is 0. The molecule has 1 saturated carbocycles. The van der Waals surface area contributed by atoms with Crippen LogP contribution in [-0.2, 0) is 6.42 Å². The zero-order valence-electron chi connectivity index (χ0n) is 17.0. The van der Waals surface area contributed by atoms with Gasteiger partial charge in [-0.1, -0.05) is 44.0 Å². The molecule has 25 heavy (non-hydrogen) atoms. The Balaban J connectivity index is 1.86. The van der Waals surface area contributed by atoms with Gasteiger partial charge in [0, 0.05) is 0 Å². The van der Waals surface area contributed by atoms with Crippen LogP contribution in [0.2, 0.25) is 0 Å². The summed E-state index contributed by atoms with van der Waals surface area (Å²) in [5.41, 5.74) is 11.8. The van der Waals surface area contributed by atoms with Crippen molar-refractivity contribution in [3.63, 3.8) is 0 Å². The highest BCUT2D eigenvalue weighted by molar-refractivity contribution is 5.44. The third kappa shape index (κ3) is 4.00. The summed E-state index contributed by atoms with van der Waals surface area (Å²) in [6.07, 6.45) is 6.59. The molecule has 0 spiro atoms. The maximum absolute atomic E-state index is 2.48. The molecule has 3 rings (SSSR count). The van der Waals surface area contributed by atoms with Gasteiger partial charge >= 0.3 is 0 Å². The van der Waals surface area contributed by atoms with E-state index >= 15 is 0 Å². The molecule has 1 fully saturated rings. The van der Waals surface area contributed by atoms with E-state index in [4.69, 9.17) is 0 Å². The summed E-state index contributed by atoms with van der Waals surface area (Å²) >= 11 is 0. The molecule has 1 aliphatic carbocycles. The molecule has 0 saturated heterocycles. The Morgan fingerprint density at radius 3 is 1.76 bits per heavy atom. The Bertz CT molecular complexity index is 712. The lowest BCUT2D eigenvalue weighted by Gasteiger charge is -2.27. The van der Waals surface area contributed by atoms with E-state index in [0.717, 1.165) is 18.3 Å². The first kappa shape index (κ1) is 18.2. The topological polar surface area (TPSA) is 0 Å². The van der Waals surface area contributed by atoms with Gasteiger partial charge in [0.25, 0.3) is 0 Å². The molecule has 0 nitrogen and oxygen atoms in total. The van der Waals surface area contributed by atoms with E-state index in [1.54, 1.807) is 5.56 Å². The second-order valence-electron chi connectivity index (χ2n) is 8.62.